The molecule has 1 nitrogen and oxygen atoms in total. The molecule has 0 unspecified atom stereocenters. The molecule has 0 saturated carbocycles. The van der Waals surface area contributed by atoms with Crippen molar-refractivity contribution in [3.63, 3.8) is 0 Å². The Labute approximate surface area is 92.3 Å². The fourth-order valence-corrected chi connectivity index (χ4v) is 1.90. The topological polar surface area (TPSA) is 26.0 Å². The minimum absolute atomic E-state index is 0.0533. The summed E-state index contributed by atoms with van der Waals surface area (Å²) in [6.45, 7) is 5.22. The zero-order valence-corrected chi connectivity index (χ0v) is 9.16. The van der Waals surface area contributed by atoms with Crippen molar-refractivity contribution in [2.45, 2.75) is 12.5 Å². The maximum Gasteiger partial charge on any atom is 0.142 e. The van der Waals surface area contributed by atoms with Crippen LogP contribution >= 0.6 is 23.2 Å². The first-order chi connectivity index (χ1) is 6.40. The van der Waals surface area contributed by atoms with Gasteiger partial charge in [-0.3, -0.25) is 0 Å². The highest BCUT2D eigenvalue weighted by atomic mass is 35.5. The molecule has 0 spiro atoms. The van der Waals surface area contributed by atoms with E-state index in [9.17, 15) is 4.39 Å². The molecule has 2 N–H and O–H groups in total. The standard InChI is InChI=1S/C10H10Cl2FN/c1-3-10(2,14)8-6(11)4-5-7(13)9(8)12/h3-5H,1,14H2,2H3/t10-/m1/s1. The van der Waals surface area contributed by atoms with Crippen molar-refractivity contribution in [3.05, 3.63) is 46.2 Å². The fraction of sp³-hybridized carbons (Fsp3) is 0.200. The van der Waals surface area contributed by atoms with Crippen LogP contribution in [0.4, 0.5) is 4.39 Å². The Hall–Kier alpha value is -0.570. The Morgan fingerprint density at radius 3 is 2.57 bits per heavy atom. The van der Waals surface area contributed by atoms with E-state index in [1.165, 1.54) is 18.2 Å². The molecular weight excluding hydrogens is 224 g/mol. The van der Waals surface area contributed by atoms with Gasteiger partial charge >= 0.3 is 0 Å². The monoisotopic (exact) mass is 233 g/mol. The quantitative estimate of drug-likeness (QED) is 0.615. The summed E-state index contributed by atoms with van der Waals surface area (Å²) < 4.78 is 13.1. The molecule has 0 amide bonds. The third-order valence-electron chi connectivity index (χ3n) is 2.01. The molecule has 0 aliphatic rings. The van der Waals surface area contributed by atoms with Crippen LogP contribution in [0.3, 0.4) is 0 Å². The summed E-state index contributed by atoms with van der Waals surface area (Å²) in [5.74, 6) is -0.537. The first-order valence-electron chi connectivity index (χ1n) is 3.96. The van der Waals surface area contributed by atoms with Gasteiger partial charge < -0.3 is 5.73 Å². The molecule has 1 aromatic rings. The van der Waals surface area contributed by atoms with Crippen molar-refractivity contribution in [2.75, 3.05) is 0 Å². The molecular formula is C10H10Cl2FN. The van der Waals surface area contributed by atoms with E-state index in [0.717, 1.165) is 0 Å². The first-order valence-corrected chi connectivity index (χ1v) is 4.72. The third-order valence-corrected chi connectivity index (χ3v) is 2.69. The Bertz CT molecular complexity index is 375. The number of halogens is 3. The predicted molar refractivity (Wildman–Crippen MR) is 58.2 cm³/mol. The molecule has 0 radical (unpaired) electrons. The largest absolute Gasteiger partial charge is 0.318 e. The average Bonchev–Trinajstić information content (AvgIpc) is 2.12. The van der Waals surface area contributed by atoms with E-state index in [1.54, 1.807) is 6.92 Å². The predicted octanol–water partition coefficient (Wildman–Crippen LogP) is 3.49. The highest BCUT2D eigenvalue weighted by Crippen LogP contribution is 2.34. The van der Waals surface area contributed by atoms with Gasteiger partial charge in [-0.05, 0) is 19.1 Å². The lowest BCUT2D eigenvalue weighted by molar-refractivity contribution is 0.598. The lowest BCUT2D eigenvalue weighted by Gasteiger charge is -2.23. The van der Waals surface area contributed by atoms with Gasteiger partial charge in [-0.25, -0.2) is 4.39 Å². The van der Waals surface area contributed by atoms with Crippen molar-refractivity contribution in [1.82, 2.24) is 0 Å². The number of rotatable bonds is 2. The molecule has 0 saturated heterocycles. The highest BCUT2D eigenvalue weighted by molar-refractivity contribution is 6.36. The SMILES string of the molecule is C=C[C@@](C)(N)c1c(Cl)ccc(F)c1Cl. The fourth-order valence-electron chi connectivity index (χ4n) is 1.12. The van der Waals surface area contributed by atoms with E-state index < -0.39 is 11.4 Å². The van der Waals surface area contributed by atoms with Crippen molar-refractivity contribution in [2.24, 2.45) is 5.73 Å². The first kappa shape index (κ1) is 11.5. The van der Waals surface area contributed by atoms with Crippen LogP contribution < -0.4 is 5.73 Å². The maximum absolute atomic E-state index is 13.1. The molecule has 76 valence electrons. The summed E-state index contributed by atoms with van der Waals surface area (Å²) >= 11 is 11.7. The smallest absolute Gasteiger partial charge is 0.142 e. The molecule has 0 heterocycles. The summed E-state index contributed by atoms with van der Waals surface area (Å²) in [7, 11) is 0. The molecule has 0 bridgehead atoms. The van der Waals surface area contributed by atoms with Crippen molar-refractivity contribution in [1.29, 1.82) is 0 Å². The van der Waals surface area contributed by atoms with Gasteiger partial charge in [0.1, 0.15) is 5.82 Å². The summed E-state index contributed by atoms with van der Waals surface area (Å²) in [4.78, 5) is 0. The Morgan fingerprint density at radius 1 is 1.50 bits per heavy atom. The highest BCUT2D eigenvalue weighted by Gasteiger charge is 2.25. The van der Waals surface area contributed by atoms with Gasteiger partial charge in [-0.15, -0.1) is 6.58 Å². The molecule has 1 rings (SSSR count). The number of hydrogen-bond donors (Lipinski definition) is 1. The normalized spacial score (nSPS) is 14.9. The number of nitrogens with two attached hydrogens (primary N) is 1. The van der Waals surface area contributed by atoms with Crippen LogP contribution in [0.1, 0.15) is 12.5 Å². The van der Waals surface area contributed by atoms with E-state index >= 15 is 0 Å². The Morgan fingerprint density at radius 2 is 2.07 bits per heavy atom. The van der Waals surface area contributed by atoms with Gasteiger partial charge in [-0.1, -0.05) is 29.3 Å². The molecule has 0 aliphatic heterocycles. The van der Waals surface area contributed by atoms with Gasteiger partial charge in [0.25, 0.3) is 0 Å². The minimum atomic E-state index is -0.934. The molecule has 0 aliphatic carbocycles. The summed E-state index contributed by atoms with van der Waals surface area (Å²) in [5, 5.41) is 0.281. The molecule has 0 fully saturated rings. The summed E-state index contributed by atoms with van der Waals surface area (Å²) in [6.07, 6.45) is 1.47. The molecule has 4 heteroatoms. The van der Waals surface area contributed by atoms with Crippen molar-refractivity contribution in [3.8, 4) is 0 Å². The molecule has 1 atom stereocenters. The van der Waals surface area contributed by atoms with E-state index in [0.29, 0.717) is 10.6 Å². The van der Waals surface area contributed by atoms with Gasteiger partial charge in [-0.2, -0.15) is 0 Å². The van der Waals surface area contributed by atoms with Crippen molar-refractivity contribution >= 4 is 23.2 Å². The number of benzene rings is 1. The van der Waals surface area contributed by atoms with Crippen LogP contribution in [0.5, 0.6) is 0 Å². The Kier molecular flexibility index (Phi) is 3.20. The second-order valence-electron chi connectivity index (χ2n) is 3.21. The molecule has 1 aromatic carbocycles. The second-order valence-corrected chi connectivity index (χ2v) is 3.99. The van der Waals surface area contributed by atoms with Crippen molar-refractivity contribution < 1.29 is 4.39 Å². The van der Waals surface area contributed by atoms with Crippen LogP contribution in [-0.4, -0.2) is 0 Å². The van der Waals surface area contributed by atoms with Crippen LogP contribution in [0.2, 0.25) is 10.0 Å². The van der Waals surface area contributed by atoms with Crippen LogP contribution in [0.25, 0.3) is 0 Å². The number of hydrogen-bond acceptors (Lipinski definition) is 1. The Balaban J connectivity index is 3.47. The van der Waals surface area contributed by atoms with E-state index in [-0.39, 0.29) is 5.02 Å². The maximum atomic E-state index is 13.1. The average molecular weight is 234 g/mol. The summed E-state index contributed by atoms with van der Waals surface area (Å²) in [6, 6.07) is 2.63. The second kappa shape index (κ2) is 3.89. The summed E-state index contributed by atoms with van der Waals surface area (Å²) in [5.41, 5.74) is 5.28. The van der Waals surface area contributed by atoms with Gasteiger partial charge in [0.15, 0.2) is 0 Å². The molecule has 0 aromatic heterocycles. The van der Waals surface area contributed by atoms with E-state index in [4.69, 9.17) is 28.9 Å². The van der Waals surface area contributed by atoms with Gasteiger partial charge in [0, 0.05) is 10.6 Å². The zero-order chi connectivity index (χ0) is 10.9. The van der Waals surface area contributed by atoms with E-state index in [1.807, 2.05) is 0 Å². The van der Waals surface area contributed by atoms with Crippen LogP contribution in [-0.2, 0) is 5.54 Å². The van der Waals surface area contributed by atoms with Crippen LogP contribution in [0.15, 0.2) is 24.8 Å². The van der Waals surface area contributed by atoms with Gasteiger partial charge in [0.05, 0.1) is 10.6 Å². The zero-order valence-electron chi connectivity index (χ0n) is 7.65. The van der Waals surface area contributed by atoms with Gasteiger partial charge in [0.2, 0.25) is 0 Å². The third kappa shape index (κ3) is 1.92. The minimum Gasteiger partial charge on any atom is -0.318 e. The van der Waals surface area contributed by atoms with Crippen LogP contribution in [0, 0.1) is 5.82 Å². The van der Waals surface area contributed by atoms with E-state index in [2.05, 4.69) is 6.58 Å². The lowest BCUT2D eigenvalue weighted by Crippen LogP contribution is -2.31. The molecule has 14 heavy (non-hydrogen) atoms. The lowest BCUT2D eigenvalue weighted by atomic mass is 9.93.